The van der Waals surface area contributed by atoms with E-state index in [9.17, 15) is 12.8 Å². The fourth-order valence-electron chi connectivity index (χ4n) is 2.50. The number of nitrogens with zero attached hydrogens (tertiary/aromatic N) is 1. The first-order valence-corrected chi connectivity index (χ1v) is 9.67. The van der Waals surface area contributed by atoms with Crippen LogP contribution in [-0.4, -0.2) is 28.1 Å². The van der Waals surface area contributed by atoms with E-state index < -0.39 is 15.8 Å². The zero-order valence-corrected chi connectivity index (χ0v) is 14.6. The van der Waals surface area contributed by atoms with Gasteiger partial charge in [0.15, 0.2) is 0 Å². The zero-order valence-electron chi connectivity index (χ0n) is 13.8. The van der Waals surface area contributed by atoms with E-state index >= 15 is 0 Å². The van der Waals surface area contributed by atoms with Crippen molar-refractivity contribution < 1.29 is 12.8 Å². The summed E-state index contributed by atoms with van der Waals surface area (Å²) in [6.45, 7) is 4.06. The minimum Gasteiger partial charge on any atom is -0.372 e. The molecule has 0 atom stereocenters. The molecule has 0 fully saturated rings. The molecule has 0 amide bonds. The van der Waals surface area contributed by atoms with Crippen LogP contribution in [0.3, 0.4) is 0 Å². The van der Waals surface area contributed by atoms with Gasteiger partial charge in [-0.1, -0.05) is 30.3 Å². The molecule has 0 aliphatic carbocycles. The zero-order chi connectivity index (χ0) is 17.4. The molecule has 0 aliphatic heterocycles. The highest BCUT2D eigenvalue weighted by atomic mass is 32.2. The second-order valence-electron chi connectivity index (χ2n) is 5.55. The molecule has 0 saturated heterocycles. The van der Waals surface area contributed by atoms with E-state index in [4.69, 9.17) is 0 Å². The average Bonchev–Trinajstić information content (AvgIpc) is 2.55. The molecule has 2 rings (SSSR count). The second kappa shape index (κ2) is 8.80. The first kappa shape index (κ1) is 18.4. The fourth-order valence-corrected chi connectivity index (χ4v) is 3.68. The topological polar surface area (TPSA) is 49.4 Å². The number of rotatable bonds is 9. The molecule has 0 saturated carbocycles. The molecule has 0 aliphatic rings. The van der Waals surface area contributed by atoms with Gasteiger partial charge < -0.3 is 4.90 Å². The quantitative estimate of drug-likeness (QED) is 0.707. The first-order valence-electron chi connectivity index (χ1n) is 8.02. The summed E-state index contributed by atoms with van der Waals surface area (Å²) >= 11 is 0. The number of hydrogen-bond acceptors (Lipinski definition) is 3. The van der Waals surface area contributed by atoms with Gasteiger partial charge in [0.25, 0.3) is 0 Å². The van der Waals surface area contributed by atoms with Crippen LogP contribution >= 0.6 is 0 Å². The van der Waals surface area contributed by atoms with Crippen LogP contribution < -0.4 is 9.62 Å². The van der Waals surface area contributed by atoms with Gasteiger partial charge in [-0.3, -0.25) is 0 Å². The van der Waals surface area contributed by atoms with Crippen LogP contribution in [0.4, 0.5) is 10.1 Å². The largest absolute Gasteiger partial charge is 0.372 e. The number of halogens is 1. The van der Waals surface area contributed by atoms with Crippen molar-refractivity contribution in [3.05, 3.63) is 66.0 Å². The Balaban J connectivity index is 1.80. The van der Waals surface area contributed by atoms with Crippen LogP contribution in [0.15, 0.2) is 54.6 Å². The maximum Gasteiger partial charge on any atom is 0.215 e. The number of hydrogen-bond donors (Lipinski definition) is 1. The van der Waals surface area contributed by atoms with Crippen LogP contribution in [0.25, 0.3) is 0 Å². The molecule has 2 aromatic carbocycles. The predicted molar refractivity (Wildman–Crippen MR) is 96.0 cm³/mol. The van der Waals surface area contributed by atoms with Gasteiger partial charge >= 0.3 is 0 Å². The highest BCUT2D eigenvalue weighted by molar-refractivity contribution is 7.88. The molecule has 0 unspecified atom stereocenters. The van der Waals surface area contributed by atoms with Crippen LogP contribution in [-0.2, 0) is 15.8 Å². The third-order valence-corrected chi connectivity index (χ3v) is 5.03. The minimum absolute atomic E-state index is 0.207. The first-order chi connectivity index (χ1) is 11.5. The summed E-state index contributed by atoms with van der Waals surface area (Å²) in [5, 5.41) is 0. The second-order valence-corrected chi connectivity index (χ2v) is 7.36. The smallest absolute Gasteiger partial charge is 0.215 e. The Morgan fingerprint density at radius 3 is 2.50 bits per heavy atom. The maximum atomic E-state index is 13.1. The Hall–Kier alpha value is -1.92. The normalized spacial score (nSPS) is 11.4. The Morgan fingerprint density at radius 2 is 1.83 bits per heavy atom. The lowest BCUT2D eigenvalue weighted by Crippen LogP contribution is -2.30. The molecule has 0 bridgehead atoms. The van der Waals surface area contributed by atoms with Gasteiger partial charge in [0.1, 0.15) is 5.82 Å². The lowest BCUT2D eigenvalue weighted by molar-refractivity contribution is 0.577. The summed E-state index contributed by atoms with van der Waals surface area (Å²) in [6, 6.07) is 15.7. The summed E-state index contributed by atoms with van der Waals surface area (Å²) in [5.74, 6) is -0.634. The molecular weight excluding hydrogens is 327 g/mol. The van der Waals surface area contributed by atoms with Gasteiger partial charge in [0.05, 0.1) is 5.75 Å². The number of nitrogens with one attached hydrogen (secondary N) is 1. The third-order valence-electron chi connectivity index (χ3n) is 3.68. The number of para-hydroxylation sites is 1. The predicted octanol–water partition coefficient (Wildman–Crippen LogP) is 3.16. The number of sulfonamides is 1. The molecule has 130 valence electrons. The third kappa shape index (κ3) is 5.94. The number of anilines is 1. The molecular formula is C18H23FN2O2S. The number of benzene rings is 2. The lowest BCUT2D eigenvalue weighted by atomic mass is 10.2. The summed E-state index contributed by atoms with van der Waals surface area (Å²) < 4.78 is 39.8. The van der Waals surface area contributed by atoms with E-state index in [0.29, 0.717) is 18.5 Å². The summed E-state index contributed by atoms with van der Waals surface area (Å²) in [7, 11) is -3.46. The molecule has 0 spiro atoms. The van der Waals surface area contributed by atoms with Crippen molar-refractivity contribution in [2.45, 2.75) is 19.1 Å². The van der Waals surface area contributed by atoms with Crippen molar-refractivity contribution in [1.82, 2.24) is 4.72 Å². The van der Waals surface area contributed by atoms with Gasteiger partial charge in [-0.15, -0.1) is 0 Å². The van der Waals surface area contributed by atoms with Crippen LogP contribution in [0.2, 0.25) is 0 Å². The van der Waals surface area contributed by atoms with Crippen molar-refractivity contribution in [2.24, 2.45) is 0 Å². The molecule has 24 heavy (non-hydrogen) atoms. The Bertz CT molecular complexity index is 736. The minimum atomic E-state index is -3.46. The molecule has 1 N–H and O–H groups in total. The van der Waals surface area contributed by atoms with Gasteiger partial charge in [-0.25, -0.2) is 17.5 Å². The van der Waals surface area contributed by atoms with Crippen molar-refractivity contribution >= 4 is 15.7 Å². The molecule has 2 aromatic rings. The van der Waals surface area contributed by atoms with Gasteiger partial charge in [-0.2, -0.15) is 0 Å². The van der Waals surface area contributed by atoms with E-state index in [1.807, 2.05) is 30.3 Å². The highest BCUT2D eigenvalue weighted by Crippen LogP contribution is 2.13. The van der Waals surface area contributed by atoms with E-state index in [1.54, 1.807) is 6.07 Å². The van der Waals surface area contributed by atoms with Crippen molar-refractivity contribution in [1.29, 1.82) is 0 Å². The SMILES string of the molecule is CCN(CCCNS(=O)(=O)Cc1cccc(F)c1)c1ccccc1. The summed E-state index contributed by atoms with van der Waals surface area (Å²) in [5.41, 5.74) is 1.57. The Morgan fingerprint density at radius 1 is 1.08 bits per heavy atom. The fraction of sp³-hybridized carbons (Fsp3) is 0.333. The van der Waals surface area contributed by atoms with Gasteiger partial charge in [0, 0.05) is 25.3 Å². The van der Waals surface area contributed by atoms with Crippen molar-refractivity contribution in [3.8, 4) is 0 Å². The van der Waals surface area contributed by atoms with Crippen LogP contribution in [0.1, 0.15) is 18.9 Å². The molecule has 0 heterocycles. The van der Waals surface area contributed by atoms with Crippen LogP contribution in [0, 0.1) is 5.82 Å². The average molecular weight is 350 g/mol. The molecule has 6 heteroatoms. The van der Waals surface area contributed by atoms with Gasteiger partial charge in [0.2, 0.25) is 10.0 Å². The van der Waals surface area contributed by atoms with E-state index in [2.05, 4.69) is 16.5 Å². The van der Waals surface area contributed by atoms with E-state index in [0.717, 1.165) is 18.8 Å². The van der Waals surface area contributed by atoms with E-state index in [-0.39, 0.29) is 5.75 Å². The molecule has 4 nitrogen and oxygen atoms in total. The molecule has 0 radical (unpaired) electrons. The van der Waals surface area contributed by atoms with Gasteiger partial charge in [-0.05, 0) is 43.2 Å². The standard InChI is InChI=1S/C18H23FN2O2S/c1-2-21(18-10-4-3-5-11-18)13-7-12-20-24(22,23)15-16-8-6-9-17(19)14-16/h3-6,8-11,14,20H,2,7,12-13,15H2,1H3. The summed E-state index contributed by atoms with van der Waals surface area (Å²) in [4.78, 5) is 2.20. The maximum absolute atomic E-state index is 13.1. The summed E-state index contributed by atoms with van der Waals surface area (Å²) in [6.07, 6.45) is 0.700. The lowest BCUT2D eigenvalue weighted by Gasteiger charge is -2.23. The Kier molecular flexibility index (Phi) is 6.75. The van der Waals surface area contributed by atoms with Crippen molar-refractivity contribution in [3.63, 3.8) is 0 Å². The van der Waals surface area contributed by atoms with E-state index in [1.165, 1.54) is 18.2 Å². The molecule has 0 aromatic heterocycles. The van der Waals surface area contributed by atoms with Crippen LogP contribution in [0.5, 0.6) is 0 Å². The van der Waals surface area contributed by atoms with Crippen molar-refractivity contribution in [2.75, 3.05) is 24.5 Å². The highest BCUT2D eigenvalue weighted by Gasteiger charge is 2.12. The Labute approximate surface area is 143 Å². The monoisotopic (exact) mass is 350 g/mol.